The third-order valence-electron chi connectivity index (χ3n) is 3.74. The second kappa shape index (κ2) is 7.37. The van der Waals surface area contributed by atoms with Crippen LogP contribution in [-0.2, 0) is 0 Å². The van der Waals surface area contributed by atoms with Crippen LogP contribution in [0, 0.1) is 20.8 Å². The normalized spacial score (nSPS) is 10.9. The summed E-state index contributed by atoms with van der Waals surface area (Å²) in [5, 5.41) is 4.47. The van der Waals surface area contributed by atoms with Crippen molar-refractivity contribution < 1.29 is 9.53 Å². The molecule has 5 nitrogen and oxygen atoms in total. The Morgan fingerprint density at radius 3 is 2.84 bits per heavy atom. The number of nitrogens with zero attached hydrogens (tertiary/aromatic N) is 2. The predicted octanol–water partition coefficient (Wildman–Crippen LogP) is 4.08. The minimum atomic E-state index is -0.118. The fraction of sp³-hybridized carbons (Fsp3) is 0.278. The summed E-state index contributed by atoms with van der Waals surface area (Å²) in [5.41, 5.74) is 1.82. The van der Waals surface area contributed by atoms with Crippen LogP contribution in [0.25, 0.3) is 10.2 Å². The first-order valence-electron chi connectivity index (χ1n) is 7.86. The Balaban J connectivity index is 1.64. The van der Waals surface area contributed by atoms with E-state index >= 15 is 0 Å². The van der Waals surface area contributed by atoms with E-state index in [9.17, 15) is 4.79 Å². The van der Waals surface area contributed by atoms with Crippen LogP contribution in [0.15, 0.2) is 24.3 Å². The highest BCUT2D eigenvalue weighted by Crippen LogP contribution is 2.31. The van der Waals surface area contributed by atoms with Gasteiger partial charge in [0.05, 0.1) is 11.4 Å². The summed E-state index contributed by atoms with van der Waals surface area (Å²) < 4.78 is 5.58. The molecule has 0 bridgehead atoms. The third kappa shape index (κ3) is 3.91. The van der Waals surface area contributed by atoms with E-state index in [1.54, 1.807) is 12.1 Å². The number of ether oxygens (including phenoxy) is 1. The van der Waals surface area contributed by atoms with Gasteiger partial charge in [-0.1, -0.05) is 17.7 Å². The molecular formula is C18H18ClN3O2S. The van der Waals surface area contributed by atoms with Crippen LogP contribution in [0.5, 0.6) is 5.75 Å². The summed E-state index contributed by atoms with van der Waals surface area (Å²) in [4.78, 5) is 22.8. The minimum absolute atomic E-state index is 0.118. The standard InChI is InChI=1S/C18H18ClN3O2S/c1-10-15-11(2)21-12(3)22-18(15)25-16(10)17(23)20-7-8-24-14-6-4-5-13(19)9-14/h4-6,9H,7-8H2,1-3H3,(H,20,23). The van der Waals surface area contributed by atoms with Gasteiger partial charge >= 0.3 is 0 Å². The zero-order chi connectivity index (χ0) is 18.0. The fourth-order valence-corrected chi connectivity index (χ4v) is 4.03. The summed E-state index contributed by atoms with van der Waals surface area (Å²) in [6.07, 6.45) is 0. The zero-order valence-electron chi connectivity index (χ0n) is 14.2. The Bertz CT molecular complexity index is 939. The van der Waals surface area contributed by atoms with E-state index in [0.29, 0.717) is 34.6 Å². The number of rotatable bonds is 5. The number of amides is 1. The van der Waals surface area contributed by atoms with Gasteiger partial charge in [0.25, 0.3) is 5.91 Å². The van der Waals surface area contributed by atoms with Gasteiger partial charge in [0.2, 0.25) is 0 Å². The average Bonchev–Trinajstić information content (AvgIpc) is 2.88. The molecule has 3 aromatic rings. The number of nitrogens with one attached hydrogen (secondary N) is 1. The first-order chi connectivity index (χ1) is 12.0. The first-order valence-corrected chi connectivity index (χ1v) is 9.06. The Morgan fingerprint density at radius 1 is 1.28 bits per heavy atom. The van der Waals surface area contributed by atoms with Crippen molar-refractivity contribution in [2.45, 2.75) is 20.8 Å². The van der Waals surface area contributed by atoms with E-state index in [1.807, 2.05) is 32.9 Å². The van der Waals surface area contributed by atoms with Gasteiger partial charge in [-0.15, -0.1) is 11.3 Å². The predicted molar refractivity (Wildman–Crippen MR) is 101 cm³/mol. The number of hydrogen-bond acceptors (Lipinski definition) is 5. The lowest BCUT2D eigenvalue weighted by molar-refractivity contribution is 0.0950. The number of hydrogen-bond donors (Lipinski definition) is 1. The maximum Gasteiger partial charge on any atom is 0.261 e. The molecular weight excluding hydrogens is 358 g/mol. The molecule has 2 aromatic heterocycles. The summed E-state index contributed by atoms with van der Waals surface area (Å²) in [6, 6.07) is 7.17. The van der Waals surface area contributed by atoms with Gasteiger partial charge in [0.15, 0.2) is 0 Å². The lowest BCUT2D eigenvalue weighted by Gasteiger charge is -2.07. The Morgan fingerprint density at radius 2 is 2.08 bits per heavy atom. The molecule has 1 amide bonds. The first kappa shape index (κ1) is 17.6. The van der Waals surface area contributed by atoms with Crippen LogP contribution in [0.3, 0.4) is 0 Å². The molecule has 0 spiro atoms. The van der Waals surface area contributed by atoms with Crippen LogP contribution < -0.4 is 10.1 Å². The highest BCUT2D eigenvalue weighted by molar-refractivity contribution is 7.20. The van der Waals surface area contributed by atoms with Gasteiger partial charge in [0.1, 0.15) is 23.0 Å². The molecule has 0 aliphatic rings. The Labute approximate surface area is 155 Å². The van der Waals surface area contributed by atoms with Crippen molar-refractivity contribution in [1.29, 1.82) is 0 Å². The van der Waals surface area contributed by atoms with Crippen LogP contribution in [-0.4, -0.2) is 29.0 Å². The smallest absolute Gasteiger partial charge is 0.261 e. The summed E-state index contributed by atoms with van der Waals surface area (Å²) in [7, 11) is 0. The number of aryl methyl sites for hydroxylation is 3. The summed E-state index contributed by atoms with van der Waals surface area (Å²) >= 11 is 7.30. The van der Waals surface area contributed by atoms with Crippen LogP contribution in [0.1, 0.15) is 26.8 Å². The molecule has 0 saturated heterocycles. The highest BCUT2D eigenvalue weighted by Gasteiger charge is 2.18. The van der Waals surface area contributed by atoms with Crippen molar-refractivity contribution in [3.8, 4) is 5.75 Å². The largest absolute Gasteiger partial charge is 0.492 e. The SMILES string of the molecule is Cc1nc(C)c2c(C)c(C(=O)NCCOc3cccc(Cl)c3)sc2n1. The van der Waals surface area contributed by atoms with Gasteiger partial charge < -0.3 is 10.1 Å². The molecule has 130 valence electrons. The monoisotopic (exact) mass is 375 g/mol. The van der Waals surface area contributed by atoms with E-state index in [2.05, 4.69) is 15.3 Å². The molecule has 1 aromatic carbocycles. The number of benzene rings is 1. The van der Waals surface area contributed by atoms with Crippen molar-refractivity contribution >= 4 is 39.1 Å². The van der Waals surface area contributed by atoms with Crippen LogP contribution >= 0.6 is 22.9 Å². The van der Waals surface area contributed by atoms with Crippen molar-refractivity contribution in [3.63, 3.8) is 0 Å². The van der Waals surface area contributed by atoms with Crippen molar-refractivity contribution in [3.05, 3.63) is 51.2 Å². The van der Waals surface area contributed by atoms with E-state index in [1.165, 1.54) is 11.3 Å². The molecule has 0 unspecified atom stereocenters. The second-order valence-electron chi connectivity index (χ2n) is 5.65. The molecule has 0 aliphatic carbocycles. The molecule has 2 heterocycles. The molecule has 0 aliphatic heterocycles. The third-order valence-corrected chi connectivity index (χ3v) is 5.16. The van der Waals surface area contributed by atoms with Gasteiger partial charge in [-0.25, -0.2) is 9.97 Å². The number of thiophene rings is 1. The molecule has 25 heavy (non-hydrogen) atoms. The minimum Gasteiger partial charge on any atom is -0.492 e. The number of fused-ring (bicyclic) bond motifs is 1. The molecule has 1 N–H and O–H groups in total. The Hall–Kier alpha value is -2.18. The number of aromatic nitrogens is 2. The molecule has 3 rings (SSSR count). The van der Waals surface area contributed by atoms with Gasteiger partial charge in [0, 0.05) is 16.1 Å². The molecule has 0 atom stereocenters. The van der Waals surface area contributed by atoms with Gasteiger partial charge in [-0.05, 0) is 44.5 Å². The van der Waals surface area contributed by atoms with Gasteiger partial charge in [-0.3, -0.25) is 4.79 Å². The van der Waals surface area contributed by atoms with E-state index in [0.717, 1.165) is 21.5 Å². The highest BCUT2D eigenvalue weighted by atomic mass is 35.5. The van der Waals surface area contributed by atoms with E-state index < -0.39 is 0 Å². The zero-order valence-corrected chi connectivity index (χ0v) is 15.8. The lowest BCUT2D eigenvalue weighted by atomic mass is 10.1. The molecule has 7 heteroatoms. The van der Waals surface area contributed by atoms with Crippen molar-refractivity contribution in [2.75, 3.05) is 13.2 Å². The van der Waals surface area contributed by atoms with E-state index in [4.69, 9.17) is 16.3 Å². The average molecular weight is 376 g/mol. The van der Waals surface area contributed by atoms with Crippen LogP contribution in [0.2, 0.25) is 5.02 Å². The lowest BCUT2D eigenvalue weighted by Crippen LogP contribution is -2.27. The number of halogens is 1. The summed E-state index contributed by atoms with van der Waals surface area (Å²) in [6.45, 7) is 6.50. The van der Waals surface area contributed by atoms with Crippen molar-refractivity contribution in [2.24, 2.45) is 0 Å². The maximum atomic E-state index is 12.5. The molecule has 0 saturated carbocycles. The molecule has 0 radical (unpaired) electrons. The second-order valence-corrected chi connectivity index (χ2v) is 7.09. The van der Waals surface area contributed by atoms with Crippen molar-refractivity contribution in [1.82, 2.24) is 15.3 Å². The number of carbonyl (C=O) groups is 1. The van der Waals surface area contributed by atoms with Crippen LogP contribution in [0.4, 0.5) is 0 Å². The Kier molecular flexibility index (Phi) is 5.20. The number of carbonyl (C=O) groups excluding carboxylic acids is 1. The quantitative estimate of drug-likeness (QED) is 0.682. The summed E-state index contributed by atoms with van der Waals surface area (Å²) in [5.74, 6) is 1.28. The van der Waals surface area contributed by atoms with Gasteiger partial charge in [-0.2, -0.15) is 0 Å². The van der Waals surface area contributed by atoms with E-state index in [-0.39, 0.29) is 5.91 Å². The maximum absolute atomic E-state index is 12.5. The fourth-order valence-electron chi connectivity index (χ4n) is 2.66. The molecule has 0 fully saturated rings. The topological polar surface area (TPSA) is 64.1 Å².